The minimum atomic E-state index is -3.79. The average Bonchev–Trinajstić information content (AvgIpc) is 2.46. The number of sulfonamides is 1. The molecule has 2 N–H and O–H groups in total. The molecule has 1 aliphatic heterocycles. The van der Waals surface area contributed by atoms with Crippen LogP contribution >= 0.6 is 12.4 Å². The Labute approximate surface area is 142 Å². The molecule has 1 aliphatic rings. The Morgan fingerprint density at radius 1 is 1.39 bits per heavy atom. The molecule has 0 saturated carbocycles. The molecule has 0 aromatic heterocycles. The first-order valence-corrected chi connectivity index (χ1v) is 8.72. The molecule has 130 valence electrons. The molecular formula is C14H22ClN3O4S. The molecule has 9 heteroatoms. The molecule has 1 fully saturated rings. The summed E-state index contributed by atoms with van der Waals surface area (Å²) in [6.07, 6.45) is 2.42. The molecule has 0 bridgehead atoms. The maximum Gasteiger partial charge on any atom is 0.273 e. The van der Waals surface area contributed by atoms with Crippen molar-refractivity contribution in [2.45, 2.75) is 50.1 Å². The molecule has 2 rings (SSSR count). The van der Waals surface area contributed by atoms with Crippen LogP contribution in [0.2, 0.25) is 0 Å². The zero-order valence-electron chi connectivity index (χ0n) is 13.1. The maximum absolute atomic E-state index is 12.9. The third-order valence-corrected chi connectivity index (χ3v) is 6.21. The number of hydrogen-bond donors (Lipinski definition) is 1. The van der Waals surface area contributed by atoms with Gasteiger partial charge in [0, 0.05) is 30.3 Å². The van der Waals surface area contributed by atoms with Gasteiger partial charge in [-0.1, -0.05) is 12.5 Å². The van der Waals surface area contributed by atoms with E-state index in [1.54, 1.807) is 6.92 Å². The van der Waals surface area contributed by atoms with Gasteiger partial charge in [-0.15, -0.1) is 12.4 Å². The van der Waals surface area contributed by atoms with Crippen LogP contribution in [-0.4, -0.2) is 36.3 Å². The lowest BCUT2D eigenvalue weighted by Crippen LogP contribution is -2.51. The molecule has 0 spiro atoms. The van der Waals surface area contributed by atoms with Gasteiger partial charge in [-0.05, 0) is 32.8 Å². The van der Waals surface area contributed by atoms with Crippen LogP contribution in [0.3, 0.4) is 0 Å². The number of halogens is 1. The number of benzene rings is 1. The van der Waals surface area contributed by atoms with Crippen LogP contribution in [0.25, 0.3) is 0 Å². The van der Waals surface area contributed by atoms with Gasteiger partial charge in [0.15, 0.2) is 0 Å². The van der Waals surface area contributed by atoms with Crippen molar-refractivity contribution in [1.82, 2.24) is 4.31 Å². The molecular weight excluding hydrogens is 342 g/mol. The van der Waals surface area contributed by atoms with Gasteiger partial charge < -0.3 is 5.73 Å². The topological polar surface area (TPSA) is 107 Å². The summed E-state index contributed by atoms with van der Waals surface area (Å²) >= 11 is 0. The number of piperidine rings is 1. The first kappa shape index (κ1) is 19.8. The number of nitro groups is 1. The summed E-state index contributed by atoms with van der Waals surface area (Å²) in [7, 11) is -3.79. The average molecular weight is 364 g/mol. The van der Waals surface area contributed by atoms with E-state index >= 15 is 0 Å². The van der Waals surface area contributed by atoms with Gasteiger partial charge in [0.1, 0.15) is 0 Å². The van der Waals surface area contributed by atoms with E-state index in [0.717, 1.165) is 12.8 Å². The van der Waals surface area contributed by atoms with Crippen LogP contribution in [0.4, 0.5) is 5.69 Å². The summed E-state index contributed by atoms with van der Waals surface area (Å²) in [6.45, 7) is 3.66. The summed E-state index contributed by atoms with van der Waals surface area (Å²) < 4.78 is 27.3. The van der Waals surface area contributed by atoms with E-state index in [4.69, 9.17) is 5.73 Å². The Balaban J connectivity index is 0.00000264. The van der Waals surface area contributed by atoms with Crippen molar-refractivity contribution >= 4 is 28.1 Å². The lowest BCUT2D eigenvalue weighted by atomic mass is 10.00. The zero-order valence-corrected chi connectivity index (χ0v) is 14.8. The van der Waals surface area contributed by atoms with Gasteiger partial charge in [0.05, 0.1) is 9.82 Å². The maximum atomic E-state index is 12.9. The monoisotopic (exact) mass is 363 g/mol. The van der Waals surface area contributed by atoms with Crippen LogP contribution in [-0.2, 0) is 10.0 Å². The van der Waals surface area contributed by atoms with Crippen molar-refractivity contribution in [3.05, 3.63) is 33.9 Å². The van der Waals surface area contributed by atoms with Gasteiger partial charge in [0.2, 0.25) is 10.0 Å². The van der Waals surface area contributed by atoms with Gasteiger partial charge in [-0.2, -0.15) is 4.31 Å². The van der Waals surface area contributed by atoms with Crippen molar-refractivity contribution in [1.29, 1.82) is 0 Å². The Kier molecular flexibility index (Phi) is 6.52. The number of rotatable bonds is 4. The first-order chi connectivity index (χ1) is 10.3. The van der Waals surface area contributed by atoms with Crippen LogP contribution in [0.15, 0.2) is 23.1 Å². The van der Waals surface area contributed by atoms with E-state index < -0.39 is 14.9 Å². The fraction of sp³-hybridized carbons (Fsp3) is 0.571. The van der Waals surface area contributed by atoms with Crippen molar-refractivity contribution in [3.8, 4) is 0 Å². The highest BCUT2D eigenvalue weighted by molar-refractivity contribution is 7.89. The highest BCUT2D eigenvalue weighted by Crippen LogP contribution is 2.31. The molecule has 1 aromatic rings. The first-order valence-electron chi connectivity index (χ1n) is 7.28. The van der Waals surface area contributed by atoms with E-state index in [2.05, 4.69) is 0 Å². The van der Waals surface area contributed by atoms with E-state index in [-0.39, 0.29) is 40.6 Å². The van der Waals surface area contributed by atoms with Crippen LogP contribution in [0.1, 0.15) is 31.7 Å². The number of nitrogens with two attached hydrogens (primary N) is 1. The molecule has 2 atom stereocenters. The van der Waals surface area contributed by atoms with E-state index in [0.29, 0.717) is 13.0 Å². The fourth-order valence-electron chi connectivity index (χ4n) is 2.96. The van der Waals surface area contributed by atoms with Crippen LogP contribution in [0.5, 0.6) is 0 Å². The fourth-order valence-corrected chi connectivity index (χ4v) is 4.98. The highest BCUT2D eigenvalue weighted by Gasteiger charge is 2.37. The molecule has 2 unspecified atom stereocenters. The smallest absolute Gasteiger partial charge is 0.273 e. The third-order valence-electron chi connectivity index (χ3n) is 4.14. The summed E-state index contributed by atoms with van der Waals surface area (Å²) in [6, 6.07) is 3.59. The predicted octanol–water partition coefficient (Wildman–Crippen LogP) is 2.22. The molecule has 1 aromatic carbocycles. The SMILES string of the molecule is Cc1c([N+](=O)[O-])cccc1S(=O)(=O)N1CCCCC1C(C)N.Cl. The third kappa shape index (κ3) is 3.82. The highest BCUT2D eigenvalue weighted by atomic mass is 35.5. The predicted molar refractivity (Wildman–Crippen MR) is 90.3 cm³/mol. The molecule has 1 saturated heterocycles. The lowest BCUT2D eigenvalue weighted by molar-refractivity contribution is -0.385. The molecule has 23 heavy (non-hydrogen) atoms. The molecule has 0 radical (unpaired) electrons. The van der Waals surface area contributed by atoms with Crippen LogP contribution in [0, 0.1) is 17.0 Å². The zero-order chi connectivity index (χ0) is 16.5. The minimum absolute atomic E-state index is 0. The quantitative estimate of drug-likeness (QED) is 0.652. The summed E-state index contributed by atoms with van der Waals surface area (Å²) in [5, 5.41) is 11.0. The molecule has 1 heterocycles. The van der Waals surface area contributed by atoms with E-state index in [1.807, 2.05) is 0 Å². The van der Waals surface area contributed by atoms with E-state index in [1.165, 1.54) is 29.4 Å². The van der Waals surface area contributed by atoms with Gasteiger partial charge in [-0.3, -0.25) is 10.1 Å². The second kappa shape index (κ2) is 7.57. The molecule has 0 aliphatic carbocycles. The summed E-state index contributed by atoms with van der Waals surface area (Å²) in [5.74, 6) is 0. The number of nitrogens with zero attached hydrogens (tertiary/aromatic N) is 2. The van der Waals surface area contributed by atoms with Gasteiger partial charge >= 0.3 is 0 Å². The second-order valence-corrected chi connectivity index (χ2v) is 7.55. The Hall–Kier alpha value is -1.22. The van der Waals surface area contributed by atoms with Gasteiger partial charge in [0.25, 0.3) is 5.69 Å². The normalized spacial score (nSPS) is 20.6. The second-order valence-electron chi connectivity index (χ2n) is 5.70. The minimum Gasteiger partial charge on any atom is -0.326 e. The Morgan fingerprint density at radius 3 is 2.61 bits per heavy atom. The molecule has 7 nitrogen and oxygen atoms in total. The standard InChI is InChI=1S/C14H21N3O4S.ClH/c1-10-12(17(18)19)7-5-8-14(10)22(20,21)16-9-4-3-6-13(16)11(2)15;/h5,7-8,11,13H,3-4,6,9,15H2,1-2H3;1H. The number of hydrogen-bond acceptors (Lipinski definition) is 5. The van der Waals surface area contributed by atoms with Crippen molar-refractivity contribution in [2.75, 3.05) is 6.54 Å². The summed E-state index contributed by atoms with van der Waals surface area (Å²) in [4.78, 5) is 10.5. The molecule has 0 amide bonds. The summed E-state index contributed by atoms with van der Waals surface area (Å²) in [5.41, 5.74) is 5.92. The lowest BCUT2D eigenvalue weighted by Gasteiger charge is -2.37. The Morgan fingerprint density at radius 2 is 2.04 bits per heavy atom. The van der Waals surface area contributed by atoms with Gasteiger partial charge in [-0.25, -0.2) is 8.42 Å². The van der Waals surface area contributed by atoms with Crippen molar-refractivity contribution < 1.29 is 13.3 Å². The van der Waals surface area contributed by atoms with Crippen molar-refractivity contribution in [3.63, 3.8) is 0 Å². The Bertz CT molecular complexity index is 679. The largest absolute Gasteiger partial charge is 0.326 e. The van der Waals surface area contributed by atoms with E-state index in [9.17, 15) is 18.5 Å². The van der Waals surface area contributed by atoms with Crippen molar-refractivity contribution in [2.24, 2.45) is 5.73 Å². The number of nitro benzene ring substituents is 1. The van der Waals surface area contributed by atoms with Crippen LogP contribution < -0.4 is 5.73 Å².